The molecule has 2 aliphatic rings. The van der Waals surface area contributed by atoms with E-state index in [2.05, 4.69) is 6.08 Å². The van der Waals surface area contributed by atoms with Gasteiger partial charge < -0.3 is 14.7 Å². The zero-order valence-electron chi connectivity index (χ0n) is 14.1. The molecule has 1 N–H and O–H groups in total. The molecule has 2 aliphatic heterocycles. The van der Waals surface area contributed by atoms with Gasteiger partial charge in [-0.1, -0.05) is 29.8 Å². The van der Waals surface area contributed by atoms with E-state index < -0.39 is 0 Å². The largest absolute Gasteiger partial charge is 0.508 e. The monoisotopic (exact) mass is 367 g/mol. The van der Waals surface area contributed by atoms with E-state index in [9.17, 15) is 9.90 Å². The third-order valence-electron chi connectivity index (χ3n) is 4.69. The number of ether oxygens (including phenoxy) is 1. The molecular weight excluding hydrogens is 350 g/mol. The number of carbonyl (C=O) groups excluding carboxylic acids is 1. The second kappa shape index (κ2) is 6.89. The van der Waals surface area contributed by atoms with Gasteiger partial charge in [0.05, 0.1) is 5.57 Å². The standard InChI is InChI=1S/C21H18ClNO3/c22-18-3-6-20-16(12-18)11-17(13-26-20)21(25)23-9-7-15(8-10-23)14-1-4-19(24)5-2-14/h1-7,11-12,24H,8-10,13H2. The SMILES string of the molecule is O=C(C1=Cc2cc(Cl)ccc2OC1)N1CC=C(c2ccc(O)cc2)CC1. The molecule has 0 aromatic heterocycles. The first kappa shape index (κ1) is 16.7. The van der Waals surface area contributed by atoms with Crippen molar-refractivity contribution >= 4 is 29.2 Å². The quantitative estimate of drug-likeness (QED) is 0.868. The number of benzene rings is 2. The molecule has 0 fully saturated rings. The maximum Gasteiger partial charge on any atom is 0.253 e. The Labute approximate surface area is 157 Å². The number of amides is 1. The summed E-state index contributed by atoms with van der Waals surface area (Å²) >= 11 is 6.03. The fourth-order valence-electron chi connectivity index (χ4n) is 3.27. The molecule has 4 nitrogen and oxygen atoms in total. The minimum Gasteiger partial charge on any atom is -0.508 e. The summed E-state index contributed by atoms with van der Waals surface area (Å²) < 4.78 is 5.69. The van der Waals surface area contributed by atoms with Gasteiger partial charge in [0.2, 0.25) is 0 Å². The molecule has 0 bridgehead atoms. The lowest BCUT2D eigenvalue weighted by atomic mass is 9.98. The number of hydrogen-bond acceptors (Lipinski definition) is 3. The fourth-order valence-corrected chi connectivity index (χ4v) is 3.45. The Morgan fingerprint density at radius 2 is 1.96 bits per heavy atom. The van der Waals surface area contributed by atoms with Crippen molar-refractivity contribution in [2.45, 2.75) is 6.42 Å². The van der Waals surface area contributed by atoms with Crippen LogP contribution < -0.4 is 4.74 Å². The van der Waals surface area contributed by atoms with Gasteiger partial charge in [0, 0.05) is 23.7 Å². The van der Waals surface area contributed by atoms with Crippen LogP contribution in [0.3, 0.4) is 0 Å². The molecule has 2 aromatic rings. The smallest absolute Gasteiger partial charge is 0.253 e. The topological polar surface area (TPSA) is 49.8 Å². The van der Waals surface area contributed by atoms with E-state index >= 15 is 0 Å². The van der Waals surface area contributed by atoms with Crippen molar-refractivity contribution in [2.75, 3.05) is 19.7 Å². The Hall–Kier alpha value is -2.72. The van der Waals surface area contributed by atoms with Crippen LogP contribution in [0, 0.1) is 0 Å². The van der Waals surface area contributed by atoms with Gasteiger partial charge in [0.15, 0.2) is 0 Å². The summed E-state index contributed by atoms with van der Waals surface area (Å²) in [6, 6.07) is 12.6. The normalized spacial score (nSPS) is 16.3. The summed E-state index contributed by atoms with van der Waals surface area (Å²) in [5.74, 6) is 1.00. The van der Waals surface area contributed by atoms with E-state index in [0.717, 1.165) is 23.3 Å². The molecule has 0 atom stereocenters. The lowest BCUT2D eigenvalue weighted by molar-refractivity contribution is -0.127. The van der Waals surface area contributed by atoms with Crippen LogP contribution in [0.15, 0.2) is 54.1 Å². The van der Waals surface area contributed by atoms with Crippen molar-refractivity contribution in [2.24, 2.45) is 0 Å². The number of nitrogens with zero attached hydrogens (tertiary/aromatic N) is 1. The van der Waals surface area contributed by atoms with Crippen LogP contribution in [0.4, 0.5) is 0 Å². The molecular formula is C21H18ClNO3. The van der Waals surface area contributed by atoms with Gasteiger partial charge in [-0.2, -0.15) is 0 Å². The summed E-state index contributed by atoms with van der Waals surface area (Å²) in [7, 11) is 0. The van der Waals surface area contributed by atoms with Crippen LogP contribution in [-0.4, -0.2) is 35.6 Å². The molecule has 0 spiro atoms. The number of halogens is 1. The third-order valence-corrected chi connectivity index (χ3v) is 4.93. The van der Waals surface area contributed by atoms with Crippen molar-refractivity contribution in [1.29, 1.82) is 0 Å². The molecule has 26 heavy (non-hydrogen) atoms. The van der Waals surface area contributed by atoms with E-state index in [4.69, 9.17) is 16.3 Å². The summed E-state index contributed by atoms with van der Waals surface area (Å²) in [4.78, 5) is 14.6. The Morgan fingerprint density at radius 1 is 1.15 bits per heavy atom. The van der Waals surface area contributed by atoms with Crippen molar-refractivity contribution in [3.05, 3.63) is 70.3 Å². The van der Waals surface area contributed by atoms with Crippen LogP contribution in [0.25, 0.3) is 11.6 Å². The lowest BCUT2D eigenvalue weighted by Gasteiger charge is -2.28. The number of phenolic OH excluding ortho intramolecular Hbond substituents is 1. The highest BCUT2D eigenvalue weighted by molar-refractivity contribution is 6.30. The molecule has 132 valence electrons. The zero-order valence-corrected chi connectivity index (χ0v) is 14.9. The van der Waals surface area contributed by atoms with Crippen LogP contribution in [0.2, 0.25) is 5.02 Å². The van der Waals surface area contributed by atoms with Crippen LogP contribution in [0.1, 0.15) is 17.5 Å². The van der Waals surface area contributed by atoms with Crippen LogP contribution in [-0.2, 0) is 4.79 Å². The first-order valence-electron chi connectivity index (χ1n) is 8.51. The summed E-state index contributed by atoms with van der Waals surface area (Å²) in [6.07, 6.45) is 4.72. The minimum atomic E-state index is -0.00312. The summed E-state index contributed by atoms with van der Waals surface area (Å²) in [5.41, 5.74) is 3.75. The second-order valence-electron chi connectivity index (χ2n) is 6.42. The Kier molecular flexibility index (Phi) is 4.43. The molecule has 0 unspecified atom stereocenters. The van der Waals surface area contributed by atoms with Gasteiger partial charge >= 0.3 is 0 Å². The molecule has 2 aromatic carbocycles. The van der Waals surface area contributed by atoms with Gasteiger partial charge in [-0.05, 0) is 54.0 Å². The van der Waals surface area contributed by atoms with E-state index in [1.807, 2.05) is 35.2 Å². The first-order chi connectivity index (χ1) is 12.6. The Bertz CT molecular complexity index is 915. The highest BCUT2D eigenvalue weighted by Crippen LogP contribution is 2.30. The van der Waals surface area contributed by atoms with E-state index in [0.29, 0.717) is 23.7 Å². The van der Waals surface area contributed by atoms with E-state index in [1.54, 1.807) is 18.2 Å². The number of aromatic hydroxyl groups is 1. The highest BCUT2D eigenvalue weighted by Gasteiger charge is 2.24. The predicted octanol–water partition coefficient (Wildman–Crippen LogP) is 4.14. The fraction of sp³-hybridized carbons (Fsp3) is 0.190. The van der Waals surface area contributed by atoms with Gasteiger partial charge in [-0.25, -0.2) is 0 Å². The van der Waals surface area contributed by atoms with Crippen LogP contribution >= 0.6 is 11.6 Å². The summed E-state index contributed by atoms with van der Waals surface area (Å²) in [5, 5.41) is 10.0. The number of phenols is 1. The molecule has 4 rings (SSSR count). The van der Waals surface area contributed by atoms with Crippen molar-refractivity contribution in [3.8, 4) is 11.5 Å². The predicted molar refractivity (Wildman–Crippen MR) is 102 cm³/mol. The average Bonchev–Trinajstić information content (AvgIpc) is 2.67. The van der Waals surface area contributed by atoms with E-state index in [1.165, 1.54) is 5.57 Å². The third kappa shape index (κ3) is 3.33. The second-order valence-corrected chi connectivity index (χ2v) is 6.85. The number of rotatable bonds is 2. The van der Waals surface area contributed by atoms with Gasteiger partial charge in [-0.3, -0.25) is 4.79 Å². The number of carbonyl (C=O) groups is 1. The minimum absolute atomic E-state index is 0.00312. The molecule has 5 heteroatoms. The first-order valence-corrected chi connectivity index (χ1v) is 8.88. The number of fused-ring (bicyclic) bond motifs is 1. The molecule has 0 aliphatic carbocycles. The molecule has 0 saturated heterocycles. The van der Waals surface area contributed by atoms with Gasteiger partial charge in [-0.15, -0.1) is 0 Å². The lowest BCUT2D eigenvalue weighted by Crippen LogP contribution is -2.37. The maximum atomic E-state index is 12.8. The average molecular weight is 368 g/mol. The molecule has 2 heterocycles. The van der Waals surface area contributed by atoms with Crippen molar-refractivity contribution < 1.29 is 14.6 Å². The summed E-state index contributed by atoms with van der Waals surface area (Å²) in [6.45, 7) is 1.50. The van der Waals surface area contributed by atoms with Gasteiger partial charge in [0.25, 0.3) is 5.91 Å². The zero-order chi connectivity index (χ0) is 18.1. The Morgan fingerprint density at radius 3 is 2.69 bits per heavy atom. The van der Waals surface area contributed by atoms with E-state index in [-0.39, 0.29) is 18.3 Å². The van der Waals surface area contributed by atoms with Crippen molar-refractivity contribution in [3.63, 3.8) is 0 Å². The Balaban J connectivity index is 1.49. The maximum absolute atomic E-state index is 12.8. The van der Waals surface area contributed by atoms with Gasteiger partial charge in [0.1, 0.15) is 18.1 Å². The molecule has 0 saturated carbocycles. The van der Waals surface area contributed by atoms with Crippen molar-refractivity contribution in [1.82, 2.24) is 4.90 Å². The highest BCUT2D eigenvalue weighted by atomic mass is 35.5. The van der Waals surface area contributed by atoms with Crippen LogP contribution in [0.5, 0.6) is 11.5 Å². The number of hydrogen-bond donors (Lipinski definition) is 1. The molecule has 0 radical (unpaired) electrons. The molecule has 1 amide bonds.